The zero-order valence-electron chi connectivity index (χ0n) is 26.0. The molecule has 0 spiro atoms. The number of hydrogen-bond donors (Lipinski definition) is 0. The molecule has 0 fully saturated rings. The molecule has 0 aliphatic heterocycles. The summed E-state index contributed by atoms with van der Waals surface area (Å²) in [6, 6.07) is 63.6. The van der Waals surface area contributed by atoms with E-state index in [1.54, 1.807) is 0 Å². The lowest BCUT2D eigenvalue weighted by Crippen LogP contribution is -2.10. The molecule has 0 bridgehead atoms. The van der Waals surface area contributed by atoms with Crippen LogP contribution in [0.4, 0.5) is 17.1 Å². The van der Waals surface area contributed by atoms with E-state index < -0.39 is 0 Å². The van der Waals surface area contributed by atoms with Crippen molar-refractivity contribution < 1.29 is 0 Å². The highest BCUT2D eigenvalue weighted by Gasteiger charge is 2.23. The molecule has 3 aromatic heterocycles. The third-order valence-electron chi connectivity index (χ3n) is 9.47. The minimum atomic E-state index is 1.11. The van der Waals surface area contributed by atoms with Crippen LogP contribution in [0.5, 0.6) is 0 Å². The van der Waals surface area contributed by atoms with E-state index in [1.807, 2.05) is 11.3 Å². The molecule has 0 unspecified atom stereocenters. The monoisotopic (exact) mass is 631 g/mol. The fourth-order valence-corrected chi connectivity index (χ4v) is 8.51. The van der Waals surface area contributed by atoms with Crippen LogP contribution in [0.2, 0.25) is 0 Å². The minimum Gasteiger partial charge on any atom is -0.310 e. The summed E-state index contributed by atoms with van der Waals surface area (Å²) in [6.45, 7) is 0. The van der Waals surface area contributed by atoms with Crippen LogP contribution in [-0.2, 0) is 0 Å². The molecule has 0 saturated carbocycles. The van der Waals surface area contributed by atoms with Gasteiger partial charge in [0.15, 0.2) is 0 Å². The number of benzene rings is 7. The lowest BCUT2D eigenvalue weighted by Gasteiger charge is -2.26. The Morgan fingerprint density at radius 1 is 0.375 bits per heavy atom. The topological polar surface area (TPSA) is 13.1 Å². The summed E-state index contributed by atoms with van der Waals surface area (Å²) in [4.78, 5) is 2.39. The third-order valence-corrected chi connectivity index (χ3v) is 10.6. The van der Waals surface area contributed by atoms with Crippen molar-refractivity contribution in [1.29, 1.82) is 0 Å². The number of fused-ring (bicyclic) bond motifs is 8. The van der Waals surface area contributed by atoms with Crippen LogP contribution in [-0.4, -0.2) is 9.13 Å². The summed E-state index contributed by atoms with van der Waals surface area (Å²) < 4.78 is 7.48. The Labute approximate surface area is 281 Å². The SMILES string of the molecule is c1ccc(N(c2ccc3sc4ccccc4c3c2)c2ccc3c4c5ccccc5n(-c5ccccc5)c4n(-c4ccccc4)c3c2)cc1. The predicted octanol–water partition coefficient (Wildman–Crippen LogP) is 12.6. The Bertz CT molecular complexity index is 2770. The van der Waals surface area contributed by atoms with Crippen LogP contribution < -0.4 is 4.90 Å². The molecule has 10 aromatic rings. The Morgan fingerprint density at radius 3 is 1.67 bits per heavy atom. The molecule has 0 radical (unpaired) electrons. The molecular formula is C44H29N3S. The van der Waals surface area contributed by atoms with E-state index in [0.717, 1.165) is 34.1 Å². The molecule has 0 amide bonds. The fraction of sp³-hybridized carbons (Fsp3) is 0. The first-order chi connectivity index (χ1) is 23.8. The van der Waals surface area contributed by atoms with Crippen molar-refractivity contribution in [1.82, 2.24) is 9.13 Å². The van der Waals surface area contributed by atoms with Gasteiger partial charge in [-0.1, -0.05) is 97.1 Å². The smallest absolute Gasteiger partial charge is 0.131 e. The number of aromatic nitrogens is 2. The van der Waals surface area contributed by atoms with Gasteiger partial charge in [-0.05, 0) is 78.9 Å². The maximum Gasteiger partial charge on any atom is 0.131 e. The summed E-state index contributed by atoms with van der Waals surface area (Å²) in [6.07, 6.45) is 0. The normalized spacial score (nSPS) is 11.8. The second kappa shape index (κ2) is 10.7. The lowest BCUT2D eigenvalue weighted by atomic mass is 10.1. The first-order valence-electron chi connectivity index (χ1n) is 16.3. The van der Waals surface area contributed by atoms with Crippen LogP contribution in [0, 0.1) is 0 Å². The molecule has 7 aromatic carbocycles. The van der Waals surface area contributed by atoms with Crippen LogP contribution in [0.25, 0.3) is 64.4 Å². The third kappa shape index (κ3) is 4.06. The lowest BCUT2D eigenvalue weighted by molar-refractivity contribution is 1.07. The van der Waals surface area contributed by atoms with Gasteiger partial charge < -0.3 is 4.90 Å². The summed E-state index contributed by atoms with van der Waals surface area (Å²) >= 11 is 1.85. The highest BCUT2D eigenvalue weighted by molar-refractivity contribution is 7.25. The summed E-state index contributed by atoms with van der Waals surface area (Å²) in [7, 11) is 0. The molecule has 0 atom stereocenters. The Kier molecular flexibility index (Phi) is 6.05. The van der Waals surface area contributed by atoms with Crippen LogP contribution in [0.1, 0.15) is 0 Å². The molecular weight excluding hydrogens is 603 g/mol. The van der Waals surface area contributed by atoms with Crippen molar-refractivity contribution in [3.05, 3.63) is 176 Å². The summed E-state index contributed by atoms with van der Waals surface area (Å²) in [5, 5.41) is 6.33. The summed E-state index contributed by atoms with van der Waals surface area (Å²) in [5.41, 5.74) is 9.18. The van der Waals surface area contributed by atoms with E-state index in [4.69, 9.17) is 0 Å². The maximum absolute atomic E-state index is 2.44. The van der Waals surface area contributed by atoms with Gasteiger partial charge in [0.05, 0.1) is 11.0 Å². The summed E-state index contributed by atoms with van der Waals surface area (Å²) in [5.74, 6) is 0. The molecule has 3 nitrogen and oxygen atoms in total. The number of hydrogen-bond acceptors (Lipinski definition) is 2. The van der Waals surface area contributed by atoms with Crippen molar-refractivity contribution in [2.24, 2.45) is 0 Å². The van der Waals surface area contributed by atoms with E-state index in [2.05, 4.69) is 190 Å². The minimum absolute atomic E-state index is 1.11. The first-order valence-corrected chi connectivity index (χ1v) is 17.1. The number of nitrogens with zero attached hydrogens (tertiary/aromatic N) is 3. The molecule has 0 aliphatic rings. The average Bonchev–Trinajstić information content (AvgIpc) is 3.80. The van der Waals surface area contributed by atoms with Gasteiger partial charge in [0, 0.05) is 64.8 Å². The average molecular weight is 632 g/mol. The maximum atomic E-state index is 2.44. The molecule has 3 heterocycles. The van der Waals surface area contributed by atoms with E-state index in [1.165, 1.54) is 47.4 Å². The van der Waals surface area contributed by atoms with E-state index in [9.17, 15) is 0 Å². The van der Waals surface area contributed by atoms with Crippen LogP contribution >= 0.6 is 11.3 Å². The second-order valence-corrected chi connectivity index (χ2v) is 13.3. The van der Waals surface area contributed by atoms with E-state index in [0.29, 0.717) is 0 Å². The quantitative estimate of drug-likeness (QED) is 0.184. The van der Waals surface area contributed by atoms with Gasteiger partial charge in [0.2, 0.25) is 0 Å². The van der Waals surface area contributed by atoms with Gasteiger partial charge in [0.25, 0.3) is 0 Å². The number of thiophene rings is 1. The van der Waals surface area contributed by atoms with Crippen LogP contribution in [0.3, 0.4) is 0 Å². The zero-order chi connectivity index (χ0) is 31.6. The van der Waals surface area contributed by atoms with Gasteiger partial charge >= 0.3 is 0 Å². The van der Waals surface area contributed by atoms with Gasteiger partial charge in [-0.25, -0.2) is 0 Å². The molecule has 4 heteroatoms. The molecule has 10 rings (SSSR count). The molecule has 0 aliphatic carbocycles. The predicted molar refractivity (Wildman–Crippen MR) is 205 cm³/mol. The van der Waals surface area contributed by atoms with Gasteiger partial charge in [-0.15, -0.1) is 11.3 Å². The van der Waals surface area contributed by atoms with E-state index >= 15 is 0 Å². The molecule has 0 N–H and O–H groups in total. The van der Waals surface area contributed by atoms with Gasteiger partial charge in [-0.3, -0.25) is 9.13 Å². The Balaban J connectivity index is 1.29. The zero-order valence-corrected chi connectivity index (χ0v) is 26.8. The molecule has 0 saturated heterocycles. The number of anilines is 3. The highest BCUT2D eigenvalue weighted by atomic mass is 32.1. The molecule has 48 heavy (non-hydrogen) atoms. The largest absolute Gasteiger partial charge is 0.310 e. The van der Waals surface area contributed by atoms with Crippen molar-refractivity contribution in [2.45, 2.75) is 0 Å². The van der Waals surface area contributed by atoms with Gasteiger partial charge in [0.1, 0.15) is 5.65 Å². The van der Waals surface area contributed by atoms with Gasteiger partial charge in [-0.2, -0.15) is 0 Å². The Hall–Kier alpha value is -6.10. The molecule has 226 valence electrons. The fourth-order valence-electron chi connectivity index (χ4n) is 7.43. The standard InChI is InChI=1S/C44H29N3S/c1-4-14-30(15-5-1)45(33-25-27-42-38(28-33)35-20-11-13-23-41(35)48-42)34-24-26-37-40(29-34)47(32-18-8-3-9-19-32)44-43(37)36-21-10-12-22-39(36)46(44)31-16-6-2-7-17-31/h1-29H. The van der Waals surface area contributed by atoms with Crippen molar-refractivity contribution in [3.63, 3.8) is 0 Å². The van der Waals surface area contributed by atoms with Crippen molar-refractivity contribution in [3.8, 4) is 11.4 Å². The Morgan fingerprint density at radius 2 is 0.917 bits per heavy atom. The number of para-hydroxylation sites is 4. The van der Waals surface area contributed by atoms with E-state index in [-0.39, 0.29) is 0 Å². The number of rotatable bonds is 5. The van der Waals surface area contributed by atoms with Crippen LogP contribution in [0.15, 0.2) is 176 Å². The second-order valence-electron chi connectivity index (χ2n) is 12.2. The van der Waals surface area contributed by atoms with Crippen molar-refractivity contribution in [2.75, 3.05) is 4.90 Å². The first kappa shape index (κ1) is 27.1. The highest BCUT2D eigenvalue weighted by Crippen LogP contribution is 2.45. The van der Waals surface area contributed by atoms with Crippen molar-refractivity contribution >= 4 is 81.4 Å².